The van der Waals surface area contributed by atoms with E-state index in [9.17, 15) is 4.79 Å². The van der Waals surface area contributed by atoms with Gasteiger partial charge in [0.25, 0.3) is 0 Å². The zero-order valence-electron chi connectivity index (χ0n) is 15.7. The highest BCUT2D eigenvalue weighted by atomic mass is 16.5. The molecular weight excluding hydrogens is 312 g/mol. The fourth-order valence-corrected chi connectivity index (χ4v) is 4.55. The van der Waals surface area contributed by atoms with Crippen molar-refractivity contribution in [2.45, 2.75) is 38.5 Å². The fraction of sp³-hybridized carbons (Fsp3) is 0.667. The summed E-state index contributed by atoms with van der Waals surface area (Å²) in [6.07, 6.45) is 4.52. The lowest BCUT2D eigenvalue weighted by molar-refractivity contribution is -0.141. The van der Waals surface area contributed by atoms with Gasteiger partial charge in [-0.3, -0.25) is 4.79 Å². The highest BCUT2D eigenvalue weighted by molar-refractivity contribution is 5.84. The number of carbonyl (C=O) groups is 1. The summed E-state index contributed by atoms with van der Waals surface area (Å²) in [7, 11) is 1.77. The molecule has 2 aliphatic heterocycles. The number of benzene rings is 1. The van der Waals surface area contributed by atoms with Gasteiger partial charge in [-0.1, -0.05) is 30.3 Å². The largest absolute Gasteiger partial charge is 0.385 e. The second kappa shape index (κ2) is 8.33. The number of rotatable bonds is 6. The van der Waals surface area contributed by atoms with Gasteiger partial charge >= 0.3 is 0 Å². The summed E-state index contributed by atoms with van der Waals surface area (Å²) in [6.45, 7) is 8.14. The lowest BCUT2D eigenvalue weighted by Gasteiger charge is -2.50. The van der Waals surface area contributed by atoms with Crippen molar-refractivity contribution < 1.29 is 9.53 Å². The van der Waals surface area contributed by atoms with Gasteiger partial charge in [0.05, 0.1) is 5.92 Å². The number of amides is 1. The summed E-state index contributed by atoms with van der Waals surface area (Å²) in [5.74, 6) is 0.358. The Kier molecular flexibility index (Phi) is 6.13. The Labute approximate surface area is 152 Å². The van der Waals surface area contributed by atoms with Crippen LogP contribution in [0.25, 0.3) is 0 Å². The van der Waals surface area contributed by atoms with Crippen LogP contribution >= 0.6 is 0 Å². The molecule has 4 heteroatoms. The molecule has 0 saturated carbocycles. The van der Waals surface area contributed by atoms with Crippen LogP contribution in [0.4, 0.5) is 0 Å². The first kappa shape index (κ1) is 18.4. The number of likely N-dealkylation sites (N-methyl/N-ethyl adjacent to an activating group) is 1. The van der Waals surface area contributed by atoms with Crippen LogP contribution in [-0.2, 0) is 9.53 Å². The smallest absolute Gasteiger partial charge is 0.230 e. The number of hydrogen-bond acceptors (Lipinski definition) is 3. The molecule has 1 aromatic carbocycles. The minimum Gasteiger partial charge on any atom is -0.385 e. The van der Waals surface area contributed by atoms with Crippen molar-refractivity contribution in [1.29, 1.82) is 0 Å². The van der Waals surface area contributed by atoms with E-state index in [1.807, 2.05) is 6.07 Å². The lowest BCUT2D eigenvalue weighted by atomic mass is 9.67. The molecule has 1 spiro atoms. The van der Waals surface area contributed by atoms with Gasteiger partial charge in [0.15, 0.2) is 0 Å². The number of methoxy groups -OCH3 is 1. The molecule has 0 N–H and O–H groups in total. The minimum atomic E-state index is 0.0370. The summed E-state index contributed by atoms with van der Waals surface area (Å²) < 4.78 is 5.18. The van der Waals surface area contributed by atoms with Crippen LogP contribution in [0.15, 0.2) is 30.3 Å². The summed E-state index contributed by atoms with van der Waals surface area (Å²) >= 11 is 0. The molecule has 3 rings (SSSR count). The van der Waals surface area contributed by atoms with Crippen LogP contribution in [0.5, 0.6) is 0 Å². The number of likely N-dealkylation sites (tertiary alicyclic amines) is 2. The third kappa shape index (κ3) is 4.24. The van der Waals surface area contributed by atoms with Crippen molar-refractivity contribution >= 4 is 5.91 Å². The van der Waals surface area contributed by atoms with E-state index < -0.39 is 0 Å². The van der Waals surface area contributed by atoms with E-state index in [0.29, 0.717) is 11.3 Å². The second-order valence-corrected chi connectivity index (χ2v) is 7.71. The molecule has 2 heterocycles. The summed E-state index contributed by atoms with van der Waals surface area (Å²) in [5, 5.41) is 0. The molecule has 1 amide bonds. The van der Waals surface area contributed by atoms with Gasteiger partial charge in [0.1, 0.15) is 0 Å². The Hall–Kier alpha value is -1.39. The van der Waals surface area contributed by atoms with E-state index in [4.69, 9.17) is 4.74 Å². The third-order valence-corrected chi connectivity index (χ3v) is 6.10. The molecule has 138 valence electrons. The molecule has 0 unspecified atom stereocenters. The van der Waals surface area contributed by atoms with Gasteiger partial charge in [-0.2, -0.15) is 0 Å². The van der Waals surface area contributed by atoms with E-state index in [-0.39, 0.29) is 5.92 Å². The van der Waals surface area contributed by atoms with Crippen LogP contribution in [0, 0.1) is 5.41 Å². The molecule has 1 atom stereocenters. The van der Waals surface area contributed by atoms with Gasteiger partial charge in [0, 0.05) is 33.4 Å². The first-order chi connectivity index (χ1) is 12.2. The molecule has 4 nitrogen and oxygen atoms in total. The first-order valence-corrected chi connectivity index (χ1v) is 9.72. The average molecular weight is 344 g/mol. The van der Waals surface area contributed by atoms with Crippen molar-refractivity contribution in [2.75, 3.05) is 46.4 Å². The summed E-state index contributed by atoms with van der Waals surface area (Å²) in [4.78, 5) is 17.6. The Balaban J connectivity index is 1.68. The highest BCUT2D eigenvalue weighted by Crippen LogP contribution is 2.45. The monoisotopic (exact) mass is 344 g/mol. The molecule has 0 bridgehead atoms. The molecule has 0 aliphatic carbocycles. The molecule has 25 heavy (non-hydrogen) atoms. The molecule has 0 aromatic heterocycles. The highest BCUT2D eigenvalue weighted by Gasteiger charge is 2.45. The van der Waals surface area contributed by atoms with Crippen molar-refractivity contribution in [1.82, 2.24) is 9.80 Å². The maximum atomic E-state index is 12.9. The van der Waals surface area contributed by atoms with Gasteiger partial charge in [-0.15, -0.1) is 0 Å². The van der Waals surface area contributed by atoms with Gasteiger partial charge in [-0.25, -0.2) is 0 Å². The van der Waals surface area contributed by atoms with Crippen molar-refractivity contribution in [3.05, 3.63) is 35.9 Å². The van der Waals surface area contributed by atoms with Crippen LogP contribution in [0.3, 0.4) is 0 Å². The van der Waals surface area contributed by atoms with E-state index in [1.54, 1.807) is 7.11 Å². The average Bonchev–Trinajstić information content (AvgIpc) is 2.66. The molecule has 0 radical (unpaired) electrons. The van der Waals surface area contributed by atoms with Gasteiger partial charge in [0.2, 0.25) is 5.91 Å². The van der Waals surface area contributed by atoms with E-state index >= 15 is 0 Å². The Morgan fingerprint density at radius 1 is 1.20 bits per heavy atom. The fourth-order valence-electron chi connectivity index (χ4n) is 4.55. The van der Waals surface area contributed by atoms with Gasteiger partial charge < -0.3 is 14.5 Å². The maximum Gasteiger partial charge on any atom is 0.230 e. The summed E-state index contributed by atoms with van der Waals surface area (Å²) in [6, 6.07) is 10.4. The number of carbonyl (C=O) groups excluding carboxylic acids is 1. The van der Waals surface area contributed by atoms with Crippen LogP contribution < -0.4 is 0 Å². The van der Waals surface area contributed by atoms with Crippen LogP contribution in [0.2, 0.25) is 0 Å². The number of piperidine rings is 2. The first-order valence-electron chi connectivity index (χ1n) is 9.72. The SMILES string of the molecule is CCN1CC2(CCN(CCCOC)CC2)C[C@@H](c2ccccc2)C1=O. The predicted molar refractivity (Wildman–Crippen MR) is 101 cm³/mol. The van der Waals surface area contributed by atoms with Crippen LogP contribution in [-0.4, -0.2) is 62.1 Å². The van der Waals surface area contributed by atoms with Crippen molar-refractivity contribution in [2.24, 2.45) is 5.41 Å². The maximum absolute atomic E-state index is 12.9. The number of nitrogens with zero attached hydrogens (tertiary/aromatic N) is 2. The Morgan fingerprint density at radius 3 is 2.56 bits per heavy atom. The van der Waals surface area contributed by atoms with E-state index in [1.165, 1.54) is 18.4 Å². The standard InChI is InChI=1S/C21H32N2O2/c1-3-23-17-21(10-13-22(14-11-21)12-7-15-25-2)16-19(20(23)24)18-8-5-4-6-9-18/h4-6,8-9,19H,3,7,10-17H2,1-2H3/t19-/m0/s1. The van der Waals surface area contributed by atoms with Crippen molar-refractivity contribution in [3.8, 4) is 0 Å². The summed E-state index contributed by atoms with van der Waals surface area (Å²) in [5.41, 5.74) is 1.48. The second-order valence-electron chi connectivity index (χ2n) is 7.71. The molecule has 2 fully saturated rings. The normalized spacial score (nSPS) is 24.0. The molecule has 1 aromatic rings. The van der Waals surface area contributed by atoms with E-state index in [2.05, 4.69) is 41.0 Å². The quantitative estimate of drug-likeness (QED) is 0.743. The van der Waals surface area contributed by atoms with Crippen LogP contribution in [0.1, 0.15) is 44.1 Å². The minimum absolute atomic E-state index is 0.0370. The molecule has 2 saturated heterocycles. The number of hydrogen-bond donors (Lipinski definition) is 0. The van der Waals surface area contributed by atoms with E-state index in [0.717, 1.165) is 52.2 Å². The van der Waals surface area contributed by atoms with Gasteiger partial charge in [-0.05, 0) is 56.7 Å². The zero-order chi connectivity index (χ0) is 17.7. The Bertz CT molecular complexity index is 552. The predicted octanol–water partition coefficient (Wildman–Crippen LogP) is 3.14. The Morgan fingerprint density at radius 2 is 1.92 bits per heavy atom. The molecule has 2 aliphatic rings. The number of ether oxygens (including phenoxy) is 1. The lowest BCUT2D eigenvalue weighted by Crippen LogP contribution is -2.54. The topological polar surface area (TPSA) is 32.8 Å². The third-order valence-electron chi connectivity index (χ3n) is 6.10. The molecular formula is C21H32N2O2. The van der Waals surface area contributed by atoms with Crippen molar-refractivity contribution in [3.63, 3.8) is 0 Å². The zero-order valence-corrected chi connectivity index (χ0v) is 15.7.